The first kappa shape index (κ1) is 13.9. The molecule has 3 heteroatoms. The van der Waals surface area contributed by atoms with Crippen molar-refractivity contribution in [2.24, 2.45) is 11.7 Å². The maximum atomic E-state index is 6.03. The Kier molecular flexibility index (Phi) is 5.73. The van der Waals surface area contributed by atoms with Crippen molar-refractivity contribution in [3.63, 3.8) is 0 Å². The summed E-state index contributed by atoms with van der Waals surface area (Å²) in [5, 5.41) is 0. The van der Waals surface area contributed by atoms with Gasteiger partial charge in [-0.1, -0.05) is 20.3 Å². The van der Waals surface area contributed by atoms with Gasteiger partial charge in [0.25, 0.3) is 0 Å². The molecule has 0 aromatic rings. The monoisotopic (exact) mass is 228 g/mol. The summed E-state index contributed by atoms with van der Waals surface area (Å²) in [6.07, 6.45) is 4.64. The molecule has 0 amide bonds. The molecule has 96 valence electrons. The summed E-state index contributed by atoms with van der Waals surface area (Å²) in [5.74, 6) is 0.748. The van der Waals surface area contributed by atoms with Crippen LogP contribution in [0.3, 0.4) is 0 Å². The highest BCUT2D eigenvalue weighted by atomic mass is 16.5. The van der Waals surface area contributed by atoms with Crippen LogP contribution < -0.4 is 5.73 Å². The average molecular weight is 228 g/mol. The van der Waals surface area contributed by atoms with E-state index in [0.717, 1.165) is 45.1 Å². The molecule has 0 bridgehead atoms. The number of rotatable bonds is 5. The van der Waals surface area contributed by atoms with Gasteiger partial charge in [-0.05, 0) is 32.2 Å². The zero-order valence-corrected chi connectivity index (χ0v) is 11.2. The van der Waals surface area contributed by atoms with Crippen molar-refractivity contribution in [2.45, 2.75) is 45.1 Å². The van der Waals surface area contributed by atoms with Gasteiger partial charge < -0.3 is 10.5 Å². The number of nitrogens with zero attached hydrogens (tertiary/aromatic N) is 1. The molecule has 0 aromatic heterocycles. The SMILES string of the molecule is CCC(C)CN(C)C1(CN)CCCOCC1. The van der Waals surface area contributed by atoms with Crippen molar-refractivity contribution in [1.29, 1.82) is 0 Å². The second-order valence-corrected chi connectivity index (χ2v) is 5.29. The molecule has 0 radical (unpaired) electrons. The predicted molar refractivity (Wildman–Crippen MR) is 68.5 cm³/mol. The summed E-state index contributed by atoms with van der Waals surface area (Å²) in [6, 6.07) is 0. The third kappa shape index (κ3) is 3.44. The second kappa shape index (κ2) is 6.58. The van der Waals surface area contributed by atoms with Crippen LogP contribution in [0.4, 0.5) is 0 Å². The number of hydrogen-bond acceptors (Lipinski definition) is 3. The Morgan fingerprint density at radius 3 is 2.75 bits per heavy atom. The molecule has 0 spiro atoms. The summed E-state index contributed by atoms with van der Waals surface area (Å²) >= 11 is 0. The predicted octanol–water partition coefficient (Wildman–Crippen LogP) is 1.86. The van der Waals surface area contributed by atoms with Gasteiger partial charge in [0, 0.05) is 31.8 Å². The Morgan fingerprint density at radius 2 is 2.12 bits per heavy atom. The minimum atomic E-state index is 0.180. The minimum Gasteiger partial charge on any atom is -0.381 e. The molecule has 1 aliphatic rings. The highest BCUT2D eigenvalue weighted by Gasteiger charge is 2.34. The number of hydrogen-bond donors (Lipinski definition) is 1. The largest absolute Gasteiger partial charge is 0.381 e. The summed E-state index contributed by atoms with van der Waals surface area (Å²) < 4.78 is 5.55. The fourth-order valence-electron chi connectivity index (χ4n) is 2.52. The molecule has 16 heavy (non-hydrogen) atoms. The molecule has 3 nitrogen and oxygen atoms in total. The molecule has 1 rings (SSSR count). The van der Waals surface area contributed by atoms with Crippen LogP contribution in [-0.4, -0.2) is 43.8 Å². The molecule has 1 aliphatic heterocycles. The molecule has 2 atom stereocenters. The van der Waals surface area contributed by atoms with E-state index in [2.05, 4.69) is 25.8 Å². The van der Waals surface area contributed by atoms with Gasteiger partial charge in [-0.2, -0.15) is 0 Å². The van der Waals surface area contributed by atoms with Crippen LogP contribution in [0.25, 0.3) is 0 Å². The van der Waals surface area contributed by atoms with E-state index in [0.29, 0.717) is 0 Å². The molecule has 2 unspecified atom stereocenters. The van der Waals surface area contributed by atoms with E-state index in [4.69, 9.17) is 10.5 Å². The molecule has 0 saturated carbocycles. The first-order chi connectivity index (χ1) is 7.64. The van der Waals surface area contributed by atoms with Gasteiger partial charge in [0.1, 0.15) is 0 Å². The molecule has 0 aromatic carbocycles. The third-order valence-corrected chi connectivity index (χ3v) is 4.11. The van der Waals surface area contributed by atoms with E-state index >= 15 is 0 Å². The number of ether oxygens (including phenoxy) is 1. The van der Waals surface area contributed by atoms with Crippen LogP contribution >= 0.6 is 0 Å². The van der Waals surface area contributed by atoms with Gasteiger partial charge in [-0.15, -0.1) is 0 Å². The van der Waals surface area contributed by atoms with E-state index in [1.807, 2.05) is 0 Å². The average Bonchev–Trinajstić information content (AvgIpc) is 2.54. The Hall–Kier alpha value is -0.120. The number of likely N-dealkylation sites (N-methyl/N-ethyl adjacent to an activating group) is 1. The zero-order chi connectivity index (χ0) is 12.0. The second-order valence-electron chi connectivity index (χ2n) is 5.29. The Morgan fingerprint density at radius 1 is 1.38 bits per heavy atom. The van der Waals surface area contributed by atoms with Crippen LogP contribution in [0, 0.1) is 5.92 Å². The van der Waals surface area contributed by atoms with Crippen molar-refractivity contribution in [3.8, 4) is 0 Å². The highest BCUT2D eigenvalue weighted by Crippen LogP contribution is 2.27. The lowest BCUT2D eigenvalue weighted by atomic mass is 9.88. The van der Waals surface area contributed by atoms with Crippen LogP contribution in [0.15, 0.2) is 0 Å². The van der Waals surface area contributed by atoms with Crippen LogP contribution in [0.1, 0.15) is 39.5 Å². The first-order valence-electron chi connectivity index (χ1n) is 6.63. The van der Waals surface area contributed by atoms with Crippen molar-refractivity contribution in [2.75, 3.05) is 33.4 Å². The lowest BCUT2D eigenvalue weighted by molar-refractivity contribution is 0.0776. The maximum absolute atomic E-state index is 6.03. The Bertz CT molecular complexity index is 188. The Balaban J connectivity index is 2.61. The molecule has 0 aliphatic carbocycles. The highest BCUT2D eigenvalue weighted by molar-refractivity contribution is 4.91. The zero-order valence-electron chi connectivity index (χ0n) is 11.2. The van der Waals surface area contributed by atoms with Crippen LogP contribution in [0.2, 0.25) is 0 Å². The standard InChI is InChI=1S/C13H28N2O/c1-4-12(2)10-15(3)13(11-14)6-5-8-16-9-7-13/h12H,4-11,14H2,1-3H3. The maximum Gasteiger partial charge on any atom is 0.0484 e. The molecular weight excluding hydrogens is 200 g/mol. The smallest absolute Gasteiger partial charge is 0.0484 e. The first-order valence-corrected chi connectivity index (χ1v) is 6.63. The minimum absolute atomic E-state index is 0.180. The van der Waals surface area contributed by atoms with E-state index in [1.54, 1.807) is 0 Å². The lowest BCUT2D eigenvalue weighted by Gasteiger charge is -2.41. The quantitative estimate of drug-likeness (QED) is 0.780. The van der Waals surface area contributed by atoms with Gasteiger partial charge in [0.2, 0.25) is 0 Å². The summed E-state index contributed by atoms with van der Waals surface area (Å²) in [4.78, 5) is 2.48. The van der Waals surface area contributed by atoms with Crippen molar-refractivity contribution in [3.05, 3.63) is 0 Å². The van der Waals surface area contributed by atoms with Crippen LogP contribution in [-0.2, 0) is 4.74 Å². The summed E-state index contributed by atoms with van der Waals surface area (Å²) in [6.45, 7) is 8.23. The van der Waals surface area contributed by atoms with E-state index in [1.165, 1.54) is 12.8 Å². The van der Waals surface area contributed by atoms with Crippen molar-refractivity contribution < 1.29 is 4.74 Å². The van der Waals surface area contributed by atoms with E-state index in [-0.39, 0.29) is 5.54 Å². The van der Waals surface area contributed by atoms with Crippen molar-refractivity contribution in [1.82, 2.24) is 4.90 Å². The van der Waals surface area contributed by atoms with Crippen LogP contribution in [0.5, 0.6) is 0 Å². The van der Waals surface area contributed by atoms with E-state index in [9.17, 15) is 0 Å². The summed E-state index contributed by atoms with van der Waals surface area (Å²) in [7, 11) is 2.23. The molecule has 2 N–H and O–H groups in total. The molecular formula is C13H28N2O. The third-order valence-electron chi connectivity index (χ3n) is 4.11. The van der Waals surface area contributed by atoms with Gasteiger partial charge in [-0.25, -0.2) is 0 Å². The number of nitrogens with two attached hydrogens (primary N) is 1. The molecule has 1 saturated heterocycles. The van der Waals surface area contributed by atoms with E-state index < -0.39 is 0 Å². The molecule has 1 heterocycles. The van der Waals surface area contributed by atoms with Gasteiger partial charge >= 0.3 is 0 Å². The lowest BCUT2D eigenvalue weighted by Crippen LogP contribution is -2.53. The topological polar surface area (TPSA) is 38.5 Å². The normalized spacial score (nSPS) is 29.1. The Labute approximate surface area is 100 Å². The van der Waals surface area contributed by atoms with Crippen molar-refractivity contribution >= 4 is 0 Å². The fourth-order valence-corrected chi connectivity index (χ4v) is 2.52. The summed E-state index contributed by atoms with van der Waals surface area (Å²) in [5.41, 5.74) is 6.21. The van der Waals surface area contributed by atoms with Gasteiger partial charge in [0.05, 0.1) is 0 Å². The van der Waals surface area contributed by atoms with Gasteiger partial charge in [0.15, 0.2) is 0 Å². The van der Waals surface area contributed by atoms with Gasteiger partial charge in [-0.3, -0.25) is 4.90 Å². The fraction of sp³-hybridized carbons (Fsp3) is 1.00. The molecule has 1 fully saturated rings.